The number of rotatable bonds is 4. The zero-order chi connectivity index (χ0) is 15.1. The van der Waals surface area contributed by atoms with E-state index in [4.69, 9.17) is 0 Å². The van der Waals surface area contributed by atoms with Gasteiger partial charge in [-0.3, -0.25) is 4.79 Å². The van der Waals surface area contributed by atoms with E-state index in [0.717, 1.165) is 5.69 Å². The summed E-state index contributed by atoms with van der Waals surface area (Å²) in [5.41, 5.74) is 1.10. The Morgan fingerprint density at radius 1 is 0.864 bits per heavy atom. The van der Waals surface area contributed by atoms with Crippen LogP contribution in [-0.2, 0) is 4.79 Å². The number of anilines is 1. The summed E-state index contributed by atoms with van der Waals surface area (Å²) in [5, 5.41) is 11.1. The van der Waals surface area contributed by atoms with Crippen molar-refractivity contribution in [2.75, 3.05) is 11.9 Å². The van der Waals surface area contributed by atoms with Crippen molar-refractivity contribution >= 4 is 43.8 Å². The van der Waals surface area contributed by atoms with Crippen LogP contribution in [0.5, 0.6) is 0 Å². The maximum atomic E-state index is 11.1. The Morgan fingerprint density at radius 3 is 2.23 bits per heavy atom. The van der Waals surface area contributed by atoms with E-state index in [2.05, 4.69) is 59.9 Å². The molecule has 2 heteroatoms. The number of Topliss-reactive ketones (excluding diaryl/α,β-unsaturated/α-hetero) is 1. The lowest BCUT2D eigenvalue weighted by molar-refractivity contribution is -0.116. The lowest BCUT2D eigenvalue weighted by Gasteiger charge is -2.14. The van der Waals surface area contributed by atoms with Gasteiger partial charge in [-0.1, -0.05) is 48.5 Å². The van der Waals surface area contributed by atoms with Crippen molar-refractivity contribution in [3.8, 4) is 0 Å². The molecule has 0 radical (unpaired) electrons. The molecule has 0 atom stereocenters. The molecule has 0 aliphatic heterocycles. The number of hydrogen-bond acceptors (Lipinski definition) is 2. The van der Waals surface area contributed by atoms with Gasteiger partial charge in [0.25, 0.3) is 0 Å². The highest BCUT2D eigenvalue weighted by Crippen LogP contribution is 2.37. The van der Waals surface area contributed by atoms with Gasteiger partial charge in [0.1, 0.15) is 5.78 Å². The first-order valence-electron chi connectivity index (χ1n) is 7.64. The van der Waals surface area contributed by atoms with E-state index in [0.29, 0.717) is 13.0 Å². The predicted molar refractivity (Wildman–Crippen MR) is 93.9 cm³/mol. The summed E-state index contributed by atoms with van der Waals surface area (Å²) < 4.78 is 0. The highest BCUT2D eigenvalue weighted by molar-refractivity contribution is 6.25. The first-order chi connectivity index (χ1) is 10.7. The molecule has 0 aliphatic carbocycles. The number of ketones is 1. The molecule has 0 fully saturated rings. The summed E-state index contributed by atoms with van der Waals surface area (Å²) in [5.74, 6) is 0.213. The first kappa shape index (κ1) is 13.1. The fourth-order valence-corrected chi connectivity index (χ4v) is 3.26. The first-order valence-corrected chi connectivity index (χ1v) is 7.64. The number of nitrogens with one attached hydrogen (secondary N) is 1. The monoisotopic (exact) mass is 287 g/mol. The molecule has 4 aromatic rings. The number of benzene rings is 4. The van der Waals surface area contributed by atoms with E-state index in [1.54, 1.807) is 6.92 Å². The predicted octanol–water partition coefficient (Wildman–Crippen LogP) is 4.98. The van der Waals surface area contributed by atoms with E-state index in [-0.39, 0.29) is 5.78 Å². The van der Waals surface area contributed by atoms with Crippen LogP contribution in [0.4, 0.5) is 5.69 Å². The molecule has 2 nitrogen and oxygen atoms in total. The van der Waals surface area contributed by atoms with Gasteiger partial charge in [0.05, 0.1) is 0 Å². The van der Waals surface area contributed by atoms with Crippen molar-refractivity contribution in [2.24, 2.45) is 0 Å². The minimum Gasteiger partial charge on any atom is -0.384 e. The molecule has 108 valence electrons. The molecule has 0 bridgehead atoms. The quantitative estimate of drug-likeness (QED) is 0.537. The van der Waals surface area contributed by atoms with Crippen LogP contribution in [0.3, 0.4) is 0 Å². The second kappa shape index (κ2) is 4.99. The second-order valence-electron chi connectivity index (χ2n) is 5.85. The summed E-state index contributed by atoms with van der Waals surface area (Å²) in [4.78, 5) is 11.1. The van der Waals surface area contributed by atoms with Crippen molar-refractivity contribution in [3.63, 3.8) is 0 Å². The summed E-state index contributed by atoms with van der Waals surface area (Å²) in [6.07, 6.45) is 0.558. The van der Waals surface area contributed by atoms with Crippen LogP contribution in [0, 0.1) is 0 Å². The molecule has 0 aliphatic rings. The molecule has 4 aromatic carbocycles. The largest absolute Gasteiger partial charge is 0.384 e. The van der Waals surface area contributed by atoms with Gasteiger partial charge in [-0.2, -0.15) is 0 Å². The van der Waals surface area contributed by atoms with Gasteiger partial charge >= 0.3 is 0 Å². The van der Waals surface area contributed by atoms with Gasteiger partial charge < -0.3 is 5.32 Å². The SMILES string of the molecule is CC(=O)CCNc1ccc2ccc3cccc4ccc1c2c34. The van der Waals surface area contributed by atoms with Crippen molar-refractivity contribution in [2.45, 2.75) is 13.3 Å². The number of carbonyl (C=O) groups is 1. The van der Waals surface area contributed by atoms with Crippen molar-refractivity contribution in [1.29, 1.82) is 0 Å². The molecule has 0 saturated heterocycles. The van der Waals surface area contributed by atoms with Crippen LogP contribution < -0.4 is 5.32 Å². The highest BCUT2D eigenvalue weighted by Gasteiger charge is 2.10. The normalized spacial score (nSPS) is 11.5. The zero-order valence-corrected chi connectivity index (χ0v) is 12.5. The molecule has 0 unspecified atom stereocenters. The Labute approximate surface area is 129 Å². The topological polar surface area (TPSA) is 29.1 Å². The Kier molecular flexibility index (Phi) is 2.97. The molecular weight excluding hydrogens is 270 g/mol. The van der Waals surface area contributed by atoms with Crippen LogP contribution in [0.25, 0.3) is 32.3 Å². The van der Waals surface area contributed by atoms with Crippen molar-refractivity contribution in [1.82, 2.24) is 0 Å². The van der Waals surface area contributed by atoms with Crippen LogP contribution >= 0.6 is 0 Å². The lowest BCUT2D eigenvalue weighted by Crippen LogP contribution is -2.06. The van der Waals surface area contributed by atoms with Gasteiger partial charge in [-0.25, -0.2) is 0 Å². The van der Waals surface area contributed by atoms with Crippen molar-refractivity contribution < 1.29 is 4.79 Å². The molecule has 0 saturated carbocycles. The zero-order valence-electron chi connectivity index (χ0n) is 12.5. The third-order valence-corrected chi connectivity index (χ3v) is 4.32. The average Bonchev–Trinajstić information content (AvgIpc) is 2.53. The molecule has 4 rings (SSSR count). The van der Waals surface area contributed by atoms with Crippen LogP contribution in [0.15, 0.2) is 54.6 Å². The van der Waals surface area contributed by atoms with Crippen LogP contribution in [-0.4, -0.2) is 12.3 Å². The van der Waals surface area contributed by atoms with Gasteiger partial charge in [-0.05, 0) is 39.9 Å². The molecule has 1 N–H and O–H groups in total. The van der Waals surface area contributed by atoms with Gasteiger partial charge in [-0.15, -0.1) is 0 Å². The standard InChI is InChI=1S/C20H17NO/c1-13(22)11-12-21-18-10-8-16-6-5-14-3-2-4-15-7-9-17(18)20(16)19(14)15/h2-10,21H,11-12H2,1H3. The highest BCUT2D eigenvalue weighted by atomic mass is 16.1. The molecule has 0 aromatic heterocycles. The maximum Gasteiger partial charge on any atom is 0.131 e. The molecule has 0 spiro atoms. The molecule has 0 heterocycles. The van der Waals surface area contributed by atoms with Gasteiger partial charge in [0, 0.05) is 24.0 Å². The molecule has 22 heavy (non-hydrogen) atoms. The average molecular weight is 287 g/mol. The third-order valence-electron chi connectivity index (χ3n) is 4.32. The lowest BCUT2D eigenvalue weighted by atomic mass is 9.93. The summed E-state index contributed by atoms with van der Waals surface area (Å²) in [7, 11) is 0. The van der Waals surface area contributed by atoms with Crippen molar-refractivity contribution in [3.05, 3.63) is 54.6 Å². The van der Waals surface area contributed by atoms with E-state index >= 15 is 0 Å². The van der Waals surface area contributed by atoms with E-state index in [1.807, 2.05) is 0 Å². The third kappa shape index (κ3) is 2.00. The molecule has 0 amide bonds. The van der Waals surface area contributed by atoms with Gasteiger partial charge in [0.2, 0.25) is 0 Å². The maximum absolute atomic E-state index is 11.1. The second-order valence-corrected chi connectivity index (χ2v) is 5.85. The summed E-state index contributed by atoms with van der Waals surface area (Å²) in [6, 6.07) is 19.4. The fraction of sp³-hybridized carbons (Fsp3) is 0.150. The Balaban J connectivity index is 1.94. The summed E-state index contributed by atoms with van der Waals surface area (Å²) >= 11 is 0. The van der Waals surface area contributed by atoms with E-state index in [1.165, 1.54) is 32.3 Å². The Morgan fingerprint density at radius 2 is 1.50 bits per heavy atom. The van der Waals surface area contributed by atoms with Crippen LogP contribution in [0.2, 0.25) is 0 Å². The smallest absolute Gasteiger partial charge is 0.131 e. The number of hydrogen-bond donors (Lipinski definition) is 1. The van der Waals surface area contributed by atoms with E-state index < -0.39 is 0 Å². The summed E-state index contributed by atoms with van der Waals surface area (Å²) in [6.45, 7) is 2.31. The Hall–Kier alpha value is -2.61. The molecular formula is C20H17NO. The van der Waals surface area contributed by atoms with Crippen LogP contribution in [0.1, 0.15) is 13.3 Å². The number of carbonyl (C=O) groups excluding carboxylic acids is 1. The fourth-order valence-electron chi connectivity index (χ4n) is 3.26. The van der Waals surface area contributed by atoms with Gasteiger partial charge in [0.15, 0.2) is 0 Å². The minimum atomic E-state index is 0.213. The minimum absolute atomic E-state index is 0.213. The Bertz CT molecular complexity index is 971. The van der Waals surface area contributed by atoms with E-state index in [9.17, 15) is 4.79 Å².